The van der Waals surface area contributed by atoms with Gasteiger partial charge in [-0.05, 0) is 29.3 Å². The van der Waals surface area contributed by atoms with E-state index in [9.17, 15) is 22.4 Å². The minimum atomic E-state index is -4.58. The van der Waals surface area contributed by atoms with E-state index in [-0.39, 0.29) is 11.1 Å². The van der Waals surface area contributed by atoms with Gasteiger partial charge in [0, 0.05) is 0 Å². The molecule has 6 heteroatoms. The molecule has 2 nitrogen and oxygen atoms in total. The van der Waals surface area contributed by atoms with Crippen LogP contribution in [0.3, 0.4) is 0 Å². The maximum atomic E-state index is 13.3. The smallest absolute Gasteiger partial charge is 0.417 e. The number of carboxylic acids is 1. The summed E-state index contributed by atoms with van der Waals surface area (Å²) < 4.78 is 51.9. The highest BCUT2D eigenvalue weighted by molar-refractivity contribution is 5.90. The summed E-state index contributed by atoms with van der Waals surface area (Å²) in [5.74, 6) is -2.53. The molecule has 0 bridgehead atoms. The molecule has 0 aliphatic heterocycles. The molecule has 1 N–H and O–H groups in total. The first-order valence-electron chi connectivity index (χ1n) is 5.50. The number of aromatic carboxylic acids is 1. The van der Waals surface area contributed by atoms with Gasteiger partial charge in [0.1, 0.15) is 5.82 Å². The van der Waals surface area contributed by atoms with E-state index in [2.05, 4.69) is 0 Å². The van der Waals surface area contributed by atoms with Crippen LogP contribution >= 0.6 is 0 Å². The molecule has 2 aromatic carbocycles. The van der Waals surface area contributed by atoms with Gasteiger partial charge < -0.3 is 5.11 Å². The topological polar surface area (TPSA) is 37.3 Å². The van der Waals surface area contributed by atoms with E-state index < -0.39 is 29.1 Å². The van der Waals surface area contributed by atoms with Gasteiger partial charge in [0.15, 0.2) is 0 Å². The first kappa shape index (κ1) is 14.0. The van der Waals surface area contributed by atoms with E-state index >= 15 is 0 Å². The van der Waals surface area contributed by atoms with Crippen molar-refractivity contribution < 1.29 is 27.5 Å². The Kier molecular flexibility index (Phi) is 3.48. The first-order valence-corrected chi connectivity index (χ1v) is 5.50. The Hall–Kier alpha value is -2.37. The Labute approximate surface area is 111 Å². The highest BCUT2D eigenvalue weighted by Gasteiger charge is 2.33. The lowest BCUT2D eigenvalue weighted by Gasteiger charge is -2.13. The molecule has 0 fully saturated rings. The molecule has 0 aromatic heterocycles. The summed E-state index contributed by atoms with van der Waals surface area (Å²) >= 11 is 0. The number of hydrogen-bond acceptors (Lipinski definition) is 1. The van der Waals surface area contributed by atoms with Gasteiger partial charge in [0.2, 0.25) is 0 Å². The fourth-order valence-electron chi connectivity index (χ4n) is 1.84. The average molecular weight is 284 g/mol. The van der Waals surface area contributed by atoms with Gasteiger partial charge in [-0.2, -0.15) is 13.2 Å². The standard InChI is InChI=1S/C14H8F4O2/c15-12-6-5-8(7-10(12)13(19)20)9-3-1-2-4-11(9)14(16,17)18/h1-7H,(H,19,20). The van der Waals surface area contributed by atoms with Gasteiger partial charge >= 0.3 is 12.1 Å². The van der Waals surface area contributed by atoms with E-state index in [1.807, 2.05) is 0 Å². The third-order valence-corrected chi connectivity index (χ3v) is 2.74. The second kappa shape index (κ2) is 4.96. The van der Waals surface area contributed by atoms with Crippen molar-refractivity contribution in [1.82, 2.24) is 0 Å². The summed E-state index contributed by atoms with van der Waals surface area (Å²) in [6, 6.07) is 7.57. The number of carboxylic acid groups (broad SMARTS) is 1. The maximum Gasteiger partial charge on any atom is 0.417 e. The lowest BCUT2D eigenvalue weighted by atomic mass is 9.97. The SMILES string of the molecule is O=C(O)c1cc(-c2ccccc2C(F)(F)F)ccc1F. The second-order valence-electron chi connectivity index (χ2n) is 4.04. The van der Waals surface area contributed by atoms with Crippen LogP contribution in [0.1, 0.15) is 15.9 Å². The molecule has 0 amide bonds. The van der Waals surface area contributed by atoms with Crippen LogP contribution in [-0.2, 0) is 6.18 Å². The van der Waals surface area contributed by atoms with Crippen molar-refractivity contribution in [2.75, 3.05) is 0 Å². The van der Waals surface area contributed by atoms with Crippen LogP contribution in [0.15, 0.2) is 42.5 Å². The minimum absolute atomic E-state index is 0.00303. The van der Waals surface area contributed by atoms with Crippen molar-refractivity contribution in [2.24, 2.45) is 0 Å². The molecule has 0 radical (unpaired) electrons. The molecular formula is C14H8F4O2. The zero-order valence-corrected chi connectivity index (χ0v) is 9.91. The van der Waals surface area contributed by atoms with E-state index in [4.69, 9.17) is 5.11 Å². The van der Waals surface area contributed by atoms with Crippen LogP contribution in [0.2, 0.25) is 0 Å². The van der Waals surface area contributed by atoms with Crippen LogP contribution in [-0.4, -0.2) is 11.1 Å². The number of rotatable bonds is 2. The van der Waals surface area contributed by atoms with E-state index in [0.717, 1.165) is 24.3 Å². The van der Waals surface area contributed by atoms with Gasteiger partial charge in [0.25, 0.3) is 0 Å². The summed E-state index contributed by atoms with van der Waals surface area (Å²) in [7, 11) is 0. The molecule has 104 valence electrons. The molecule has 0 heterocycles. The zero-order valence-electron chi connectivity index (χ0n) is 9.91. The molecule has 0 aliphatic rings. The molecule has 20 heavy (non-hydrogen) atoms. The summed E-state index contributed by atoms with van der Waals surface area (Å²) in [6.45, 7) is 0. The molecule has 0 aliphatic carbocycles. The lowest BCUT2D eigenvalue weighted by molar-refractivity contribution is -0.137. The van der Waals surface area contributed by atoms with Gasteiger partial charge in [0.05, 0.1) is 11.1 Å². The van der Waals surface area contributed by atoms with Gasteiger partial charge in [-0.15, -0.1) is 0 Å². The number of hydrogen-bond donors (Lipinski definition) is 1. The molecule has 0 atom stereocenters. The summed E-state index contributed by atoms with van der Waals surface area (Å²) in [5, 5.41) is 8.80. The second-order valence-corrected chi connectivity index (χ2v) is 4.04. The predicted octanol–water partition coefficient (Wildman–Crippen LogP) is 4.21. The molecule has 0 saturated carbocycles. The Balaban J connectivity index is 2.64. The lowest BCUT2D eigenvalue weighted by Crippen LogP contribution is -2.07. The van der Waals surface area contributed by atoms with E-state index in [0.29, 0.717) is 0 Å². The number of halogens is 4. The van der Waals surface area contributed by atoms with Crippen molar-refractivity contribution in [3.8, 4) is 11.1 Å². The third kappa shape index (κ3) is 2.64. The summed E-state index contributed by atoms with van der Waals surface area (Å²) in [4.78, 5) is 10.8. The van der Waals surface area contributed by atoms with Gasteiger partial charge in [-0.3, -0.25) is 0 Å². The molecular weight excluding hydrogens is 276 g/mol. The molecule has 2 rings (SSSR count). The monoisotopic (exact) mass is 284 g/mol. The normalized spacial score (nSPS) is 11.4. The number of carbonyl (C=O) groups is 1. The van der Waals surface area contributed by atoms with Crippen LogP contribution in [0.5, 0.6) is 0 Å². The van der Waals surface area contributed by atoms with Crippen molar-refractivity contribution in [3.05, 3.63) is 59.4 Å². The highest BCUT2D eigenvalue weighted by atomic mass is 19.4. The van der Waals surface area contributed by atoms with Crippen molar-refractivity contribution in [1.29, 1.82) is 0 Å². The summed E-state index contributed by atoms with van der Waals surface area (Å²) in [6.07, 6.45) is -4.58. The minimum Gasteiger partial charge on any atom is -0.478 e. The van der Waals surface area contributed by atoms with Crippen LogP contribution < -0.4 is 0 Å². The fraction of sp³-hybridized carbons (Fsp3) is 0.0714. The fourth-order valence-corrected chi connectivity index (χ4v) is 1.84. The largest absolute Gasteiger partial charge is 0.478 e. The van der Waals surface area contributed by atoms with Gasteiger partial charge in [-0.1, -0.05) is 24.3 Å². The zero-order chi connectivity index (χ0) is 14.9. The van der Waals surface area contributed by atoms with Crippen LogP contribution in [0, 0.1) is 5.82 Å². The average Bonchev–Trinajstić information content (AvgIpc) is 2.38. The molecule has 0 saturated heterocycles. The number of benzene rings is 2. The molecule has 0 spiro atoms. The highest BCUT2D eigenvalue weighted by Crippen LogP contribution is 2.37. The Bertz CT molecular complexity index is 662. The Morgan fingerprint density at radius 2 is 1.70 bits per heavy atom. The first-order chi connectivity index (χ1) is 9.30. The third-order valence-electron chi connectivity index (χ3n) is 2.74. The summed E-state index contributed by atoms with van der Waals surface area (Å²) in [5.41, 5.74) is -1.76. The Morgan fingerprint density at radius 1 is 1.05 bits per heavy atom. The quantitative estimate of drug-likeness (QED) is 0.839. The van der Waals surface area contributed by atoms with Crippen molar-refractivity contribution in [3.63, 3.8) is 0 Å². The molecule has 2 aromatic rings. The maximum absolute atomic E-state index is 13.3. The Morgan fingerprint density at radius 3 is 2.30 bits per heavy atom. The van der Waals surface area contributed by atoms with E-state index in [1.54, 1.807) is 0 Å². The molecule has 0 unspecified atom stereocenters. The number of alkyl halides is 3. The van der Waals surface area contributed by atoms with Crippen LogP contribution in [0.4, 0.5) is 17.6 Å². The van der Waals surface area contributed by atoms with Crippen molar-refractivity contribution in [2.45, 2.75) is 6.18 Å². The predicted molar refractivity (Wildman–Crippen MR) is 63.8 cm³/mol. The van der Waals surface area contributed by atoms with Crippen molar-refractivity contribution >= 4 is 5.97 Å². The van der Waals surface area contributed by atoms with Crippen LogP contribution in [0.25, 0.3) is 11.1 Å². The van der Waals surface area contributed by atoms with Gasteiger partial charge in [-0.25, -0.2) is 9.18 Å². The van der Waals surface area contributed by atoms with E-state index in [1.165, 1.54) is 18.2 Å².